The topological polar surface area (TPSA) is 162 Å². The summed E-state index contributed by atoms with van der Waals surface area (Å²) >= 11 is 0. The fourth-order valence-corrected chi connectivity index (χ4v) is 3.67. The van der Waals surface area contributed by atoms with Crippen LogP contribution in [0.1, 0.15) is 5.82 Å². The number of carbonyl (C=O) groups is 1. The molecule has 38 heavy (non-hydrogen) atoms. The molecule has 0 radical (unpaired) electrons. The molecule has 0 spiro atoms. The first-order valence-corrected chi connectivity index (χ1v) is 11.6. The summed E-state index contributed by atoms with van der Waals surface area (Å²) in [6.07, 6.45) is -3.40. The Morgan fingerprint density at radius 1 is 1.11 bits per heavy atom. The molecule has 1 aliphatic rings. The van der Waals surface area contributed by atoms with E-state index in [1.807, 2.05) is 41.8 Å². The zero-order chi connectivity index (χ0) is 27.1. The van der Waals surface area contributed by atoms with Crippen molar-refractivity contribution in [1.29, 1.82) is 0 Å². The number of carboxylic acids is 1. The molecule has 0 amide bonds. The molecule has 1 saturated heterocycles. The highest BCUT2D eigenvalue weighted by molar-refractivity contribution is 5.81. The van der Waals surface area contributed by atoms with Crippen molar-refractivity contribution in [3.05, 3.63) is 42.4 Å². The number of aliphatic carboxylic acids is 1. The molecule has 0 unspecified atom stereocenters. The predicted octanol–water partition coefficient (Wildman–Crippen LogP) is 1.94. The number of alkyl halides is 3. The van der Waals surface area contributed by atoms with Crippen LogP contribution < -0.4 is 16.0 Å². The van der Waals surface area contributed by atoms with E-state index in [0.29, 0.717) is 23.7 Å². The van der Waals surface area contributed by atoms with E-state index in [2.05, 4.69) is 41.0 Å². The first kappa shape index (κ1) is 26.7. The normalized spacial score (nSPS) is 14.1. The lowest BCUT2D eigenvalue weighted by Crippen LogP contribution is -2.45. The van der Waals surface area contributed by atoms with Gasteiger partial charge < -0.3 is 21.1 Å². The number of halogens is 3. The lowest BCUT2D eigenvalue weighted by Gasteiger charge is -2.27. The van der Waals surface area contributed by atoms with Crippen LogP contribution in [0.15, 0.2) is 36.5 Å². The van der Waals surface area contributed by atoms with Gasteiger partial charge in [0.25, 0.3) is 0 Å². The summed E-state index contributed by atoms with van der Waals surface area (Å²) in [5.74, 6) is 0.280. The number of aryl methyl sites for hydroxylation is 1. The van der Waals surface area contributed by atoms with Crippen molar-refractivity contribution in [3.8, 4) is 5.95 Å². The standard InChI is InChI=1S/C20H25N11.C2HF3O2/c1-14-24-18(22-10-13-30-11-8-21-9-12-30)28-19(25-14)31-16-5-3-2-4-15(16)26-20(31)27-17-6-7-23-29-17;3-2(4,5)1(6)7/h2-7,21H,8-13H2,1H3,(H,22,24,25,28)(H2,23,26,27,29);(H,6,7). The second-order valence-electron chi connectivity index (χ2n) is 8.18. The van der Waals surface area contributed by atoms with Gasteiger partial charge in [0.05, 0.1) is 17.2 Å². The van der Waals surface area contributed by atoms with E-state index >= 15 is 0 Å². The molecule has 5 N–H and O–H groups in total. The van der Waals surface area contributed by atoms with Gasteiger partial charge >= 0.3 is 12.1 Å². The maximum absolute atomic E-state index is 10.6. The van der Waals surface area contributed by atoms with Gasteiger partial charge in [-0.25, -0.2) is 14.3 Å². The van der Waals surface area contributed by atoms with Crippen molar-refractivity contribution >= 4 is 34.7 Å². The number of nitrogens with one attached hydrogen (secondary N) is 4. The van der Waals surface area contributed by atoms with Gasteiger partial charge in [0.15, 0.2) is 0 Å². The van der Waals surface area contributed by atoms with Crippen LogP contribution in [0.3, 0.4) is 0 Å². The van der Waals surface area contributed by atoms with Crippen LogP contribution in [-0.2, 0) is 4.79 Å². The maximum Gasteiger partial charge on any atom is 0.490 e. The minimum atomic E-state index is -5.08. The molecule has 1 aromatic carbocycles. The number of piperazine rings is 1. The summed E-state index contributed by atoms with van der Waals surface area (Å²) in [6.45, 7) is 7.78. The third-order valence-corrected chi connectivity index (χ3v) is 5.41. The summed E-state index contributed by atoms with van der Waals surface area (Å²) in [7, 11) is 0. The Hall–Kier alpha value is -4.31. The monoisotopic (exact) mass is 533 g/mol. The largest absolute Gasteiger partial charge is 0.490 e. The molecule has 0 aliphatic carbocycles. The molecule has 1 fully saturated rings. The number of carboxylic acid groups (broad SMARTS) is 1. The van der Waals surface area contributed by atoms with E-state index in [1.165, 1.54) is 0 Å². The van der Waals surface area contributed by atoms with Gasteiger partial charge in [0, 0.05) is 45.3 Å². The number of hydrogen-bond donors (Lipinski definition) is 5. The molecule has 202 valence electrons. The lowest BCUT2D eigenvalue weighted by molar-refractivity contribution is -0.192. The van der Waals surface area contributed by atoms with E-state index in [1.54, 1.807) is 6.20 Å². The number of aromatic nitrogens is 7. The van der Waals surface area contributed by atoms with Gasteiger partial charge in [0.2, 0.25) is 17.8 Å². The van der Waals surface area contributed by atoms with Gasteiger partial charge in [-0.1, -0.05) is 12.1 Å². The Labute approximate surface area is 214 Å². The fraction of sp³-hybridized carbons (Fsp3) is 0.364. The van der Waals surface area contributed by atoms with Crippen LogP contribution in [0, 0.1) is 6.92 Å². The highest BCUT2D eigenvalue weighted by Crippen LogP contribution is 2.25. The van der Waals surface area contributed by atoms with Gasteiger partial charge in [0.1, 0.15) is 11.6 Å². The van der Waals surface area contributed by atoms with E-state index in [-0.39, 0.29) is 0 Å². The number of para-hydroxylation sites is 2. The molecule has 4 heterocycles. The van der Waals surface area contributed by atoms with Gasteiger partial charge in [-0.05, 0) is 19.1 Å². The molecule has 1 aliphatic heterocycles. The van der Waals surface area contributed by atoms with Gasteiger partial charge in [-0.15, -0.1) is 0 Å². The molecule has 0 bridgehead atoms. The van der Waals surface area contributed by atoms with Gasteiger partial charge in [-0.3, -0.25) is 10.00 Å². The molecule has 0 saturated carbocycles. The Balaban J connectivity index is 0.000000426. The zero-order valence-electron chi connectivity index (χ0n) is 20.3. The average Bonchev–Trinajstić information content (AvgIpc) is 3.52. The molecule has 16 heteroatoms. The number of anilines is 3. The van der Waals surface area contributed by atoms with Crippen molar-refractivity contribution in [2.45, 2.75) is 13.1 Å². The highest BCUT2D eigenvalue weighted by atomic mass is 19.4. The minimum Gasteiger partial charge on any atom is -0.475 e. The third kappa shape index (κ3) is 6.92. The van der Waals surface area contributed by atoms with Crippen molar-refractivity contribution < 1.29 is 23.1 Å². The van der Waals surface area contributed by atoms with Crippen molar-refractivity contribution in [1.82, 2.24) is 44.9 Å². The van der Waals surface area contributed by atoms with Crippen LogP contribution in [0.4, 0.5) is 30.9 Å². The van der Waals surface area contributed by atoms with E-state index < -0.39 is 12.1 Å². The Bertz CT molecular complexity index is 1350. The number of rotatable bonds is 7. The Morgan fingerprint density at radius 3 is 2.53 bits per heavy atom. The molecular weight excluding hydrogens is 507 g/mol. The summed E-state index contributed by atoms with van der Waals surface area (Å²) in [5.41, 5.74) is 1.75. The maximum atomic E-state index is 10.6. The predicted molar refractivity (Wildman–Crippen MR) is 133 cm³/mol. The summed E-state index contributed by atoms with van der Waals surface area (Å²) in [5, 5.41) is 24.0. The van der Waals surface area contributed by atoms with Crippen LogP contribution >= 0.6 is 0 Å². The summed E-state index contributed by atoms with van der Waals surface area (Å²) < 4.78 is 33.6. The zero-order valence-corrected chi connectivity index (χ0v) is 20.3. The summed E-state index contributed by atoms with van der Waals surface area (Å²) in [6, 6.07) is 9.73. The first-order chi connectivity index (χ1) is 18.2. The number of fused-ring (bicyclic) bond motifs is 1. The minimum absolute atomic E-state index is 0.507. The number of aromatic amines is 1. The van der Waals surface area contributed by atoms with Crippen LogP contribution in [0.25, 0.3) is 17.0 Å². The number of imidazole rings is 1. The van der Waals surface area contributed by atoms with E-state index in [0.717, 1.165) is 56.1 Å². The molecular formula is C22H26F3N11O2. The molecule has 0 atom stereocenters. The molecule has 13 nitrogen and oxygen atoms in total. The second-order valence-corrected chi connectivity index (χ2v) is 8.18. The number of H-pyrrole nitrogens is 1. The quantitative estimate of drug-likeness (QED) is 0.236. The smallest absolute Gasteiger partial charge is 0.475 e. The Morgan fingerprint density at radius 2 is 1.84 bits per heavy atom. The van der Waals surface area contributed by atoms with E-state index in [9.17, 15) is 13.2 Å². The van der Waals surface area contributed by atoms with Crippen molar-refractivity contribution in [2.24, 2.45) is 0 Å². The lowest BCUT2D eigenvalue weighted by atomic mass is 10.3. The number of benzene rings is 1. The fourth-order valence-electron chi connectivity index (χ4n) is 3.67. The SMILES string of the molecule is Cc1nc(NCCN2CCNCC2)nc(-n2c(Nc3ccn[nH]3)nc3ccccc32)n1.O=C(O)C(F)(F)F. The molecule has 4 aromatic rings. The van der Waals surface area contributed by atoms with Gasteiger partial charge in [-0.2, -0.15) is 33.2 Å². The Kier molecular flexibility index (Phi) is 8.32. The van der Waals surface area contributed by atoms with Crippen molar-refractivity contribution in [3.63, 3.8) is 0 Å². The average molecular weight is 534 g/mol. The number of hydrogen-bond acceptors (Lipinski definition) is 10. The van der Waals surface area contributed by atoms with Crippen LogP contribution in [0.2, 0.25) is 0 Å². The van der Waals surface area contributed by atoms with Crippen LogP contribution in [0.5, 0.6) is 0 Å². The third-order valence-electron chi connectivity index (χ3n) is 5.41. The second kappa shape index (κ2) is 11.8. The molecule has 3 aromatic heterocycles. The molecule has 5 rings (SSSR count). The highest BCUT2D eigenvalue weighted by Gasteiger charge is 2.38. The van der Waals surface area contributed by atoms with Crippen molar-refractivity contribution in [2.75, 3.05) is 49.9 Å². The number of nitrogens with zero attached hydrogens (tertiary/aromatic N) is 7. The van der Waals surface area contributed by atoms with E-state index in [4.69, 9.17) is 19.9 Å². The summed E-state index contributed by atoms with van der Waals surface area (Å²) in [4.78, 5) is 29.8. The van der Waals surface area contributed by atoms with Crippen LogP contribution in [-0.4, -0.2) is 96.1 Å². The first-order valence-electron chi connectivity index (χ1n) is 11.6.